The lowest BCUT2D eigenvalue weighted by Gasteiger charge is -2.14. The first kappa shape index (κ1) is 10.6. The van der Waals surface area contributed by atoms with Crippen LogP contribution in [-0.2, 0) is 4.79 Å². The molecule has 0 aromatic carbocycles. The zero-order valence-electron chi connectivity index (χ0n) is 7.11. The van der Waals surface area contributed by atoms with E-state index in [0.29, 0.717) is 0 Å². The molecule has 0 aliphatic carbocycles. The van der Waals surface area contributed by atoms with E-state index in [1.165, 1.54) is 6.92 Å². The molecule has 0 saturated carbocycles. The molecule has 4 heteroatoms. The number of rotatable bonds is 4. The fraction of sp³-hybridized carbons (Fsp3) is 0.857. The van der Waals surface area contributed by atoms with Crippen molar-refractivity contribution < 1.29 is 15.0 Å². The molecule has 0 aromatic heterocycles. The number of Topliss-reactive ketones (excluding diaryl/α,β-unsaturated/α-hetero) is 1. The molecule has 0 radical (unpaired) electrons. The highest BCUT2D eigenvalue weighted by atomic mass is 16.3. The van der Waals surface area contributed by atoms with Crippen molar-refractivity contribution in [2.45, 2.75) is 19.1 Å². The van der Waals surface area contributed by atoms with Gasteiger partial charge in [0.25, 0.3) is 0 Å². The summed E-state index contributed by atoms with van der Waals surface area (Å²) < 4.78 is 0. The minimum absolute atomic E-state index is 0.159. The van der Waals surface area contributed by atoms with E-state index in [2.05, 4.69) is 0 Å². The van der Waals surface area contributed by atoms with Crippen LogP contribution < -0.4 is 0 Å². The maximum atomic E-state index is 10.9. The van der Waals surface area contributed by atoms with Gasteiger partial charge in [0.15, 0.2) is 5.78 Å². The second kappa shape index (κ2) is 4.43. The normalized spacial score (nSPS) is 16.5. The number of aliphatic hydroxyl groups excluding tert-OH is 2. The molecular weight excluding hydrogens is 146 g/mol. The van der Waals surface area contributed by atoms with E-state index in [4.69, 9.17) is 10.2 Å². The van der Waals surface area contributed by atoms with Crippen LogP contribution in [0.4, 0.5) is 0 Å². The highest BCUT2D eigenvalue weighted by Crippen LogP contribution is 1.94. The quantitative estimate of drug-likeness (QED) is 0.547. The lowest BCUT2D eigenvalue weighted by atomic mass is 10.1. The standard InChI is InChI=1S/C7H15NO3/c1-5(9)7(11)6(10)4-8(2)3/h5,7,9,11H,4H2,1-3H3. The lowest BCUT2D eigenvalue weighted by molar-refractivity contribution is -0.132. The summed E-state index contributed by atoms with van der Waals surface area (Å²) >= 11 is 0. The van der Waals surface area contributed by atoms with E-state index in [-0.39, 0.29) is 12.3 Å². The first-order chi connectivity index (χ1) is 4.95. The number of nitrogens with zero attached hydrogens (tertiary/aromatic N) is 1. The van der Waals surface area contributed by atoms with Gasteiger partial charge in [-0.25, -0.2) is 0 Å². The molecule has 0 fully saturated rings. The summed E-state index contributed by atoms with van der Waals surface area (Å²) in [6.45, 7) is 1.55. The van der Waals surface area contributed by atoms with E-state index in [9.17, 15) is 4.79 Å². The van der Waals surface area contributed by atoms with Crippen molar-refractivity contribution >= 4 is 5.78 Å². The van der Waals surface area contributed by atoms with Crippen molar-refractivity contribution in [2.24, 2.45) is 0 Å². The molecule has 0 saturated heterocycles. The molecule has 0 bridgehead atoms. The topological polar surface area (TPSA) is 60.8 Å². The Kier molecular flexibility index (Phi) is 4.25. The molecule has 66 valence electrons. The van der Waals surface area contributed by atoms with Gasteiger partial charge in [0.05, 0.1) is 12.6 Å². The monoisotopic (exact) mass is 161 g/mol. The lowest BCUT2D eigenvalue weighted by Crippen LogP contribution is -2.37. The SMILES string of the molecule is CC(O)C(O)C(=O)CN(C)C. The smallest absolute Gasteiger partial charge is 0.177 e. The summed E-state index contributed by atoms with van der Waals surface area (Å²) in [5.74, 6) is -0.356. The molecule has 4 nitrogen and oxygen atoms in total. The Bertz CT molecular complexity index is 134. The first-order valence-corrected chi connectivity index (χ1v) is 3.48. The van der Waals surface area contributed by atoms with Crippen LogP contribution in [0, 0.1) is 0 Å². The zero-order valence-corrected chi connectivity index (χ0v) is 7.11. The summed E-state index contributed by atoms with van der Waals surface area (Å²) in [4.78, 5) is 12.6. The van der Waals surface area contributed by atoms with Gasteiger partial charge in [0, 0.05) is 0 Å². The second-order valence-corrected chi connectivity index (χ2v) is 2.89. The largest absolute Gasteiger partial charge is 0.390 e. The van der Waals surface area contributed by atoms with Crippen molar-refractivity contribution in [3.63, 3.8) is 0 Å². The Hall–Kier alpha value is -0.450. The van der Waals surface area contributed by atoms with Crippen molar-refractivity contribution in [1.29, 1.82) is 0 Å². The van der Waals surface area contributed by atoms with E-state index in [1.54, 1.807) is 19.0 Å². The van der Waals surface area contributed by atoms with Crippen molar-refractivity contribution in [3.8, 4) is 0 Å². The van der Waals surface area contributed by atoms with Gasteiger partial charge in [-0.2, -0.15) is 0 Å². The molecule has 2 atom stereocenters. The van der Waals surface area contributed by atoms with Crippen LogP contribution in [0.1, 0.15) is 6.92 Å². The molecule has 0 aliphatic heterocycles. The number of likely N-dealkylation sites (N-methyl/N-ethyl adjacent to an activating group) is 1. The van der Waals surface area contributed by atoms with Crippen molar-refractivity contribution in [3.05, 3.63) is 0 Å². The number of carbonyl (C=O) groups is 1. The molecule has 0 rings (SSSR count). The minimum atomic E-state index is -1.25. The van der Waals surface area contributed by atoms with Crippen LogP contribution in [0.2, 0.25) is 0 Å². The van der Waals surface area contributed by atoms with Gasteiger partial charge in [-0.3, -0.25) is 4.79 Å². The van der Waals surface area contributed by atoms with Gasteiger partial charge >= 0.3 is 0 Å². The van der Waals surface area contributed by atoms with Crippen LogP contribution in [0.15, 0.2) is 0 Å². The average Bonchev–Trinajstić information content (AvgIpc) is 1.84. The Balaban J connectivity index is 3.83. The number of hydrogen-bond donors (Lipinski definition) is 2. The van der Waals surface area contributed by atoms with Crippen LogP contribution in [-0.4, -0.2) is 53.7 Å². The predicted molar refractivity (Wildman–Crippen MR) is 41.2 cm³/mol. The molecule has 0 heterocycles. The third-order valence-electron chi connectivity index (χ3n) is 1.26. The average molecular weight is 161 g/mol. The third-order valence-corrected chi connectivity index (χ3v) is 1.26. The summed E-state index contributed by atoms with van der Waals surface area (Å²) in [5.41, 5.74) is 0. The van der Waals surface area contributed by atoms with Crippen molar-refractivity contribution in [2.75, 3.05) is 20.6 Å². The summed E-state index contributed by atoms with van der Waals surface area (Å²) in [5, 5.41) is 17.8. The van der Waals surface area contributed by atoms with Crippen LogP contribution in [0.5, 0.6) is 0 Å². The molecule has 0 spiro atoms. The predicted octanol–water partition coefficient (Wildman–Crippen LogP) is -1.14. The molecule has 0 aromatic rings. The minimum Gasteiger partial charge on any atom is -0.390 e. The first-order valence-electron chi connectivity index (χ1n) is 3.48. The molecule has 0 amide bonds. The zero-order chi connectivity index (χ0) is 9.02. The van der Waals surface area contributed by atoms with E-state index in [0.717, 1.165) is 0 Å². The number of aliphatic hydroxyl groups is 2. The van der Waals surface area contributed by atoms with Gasteiger partial charge in [-0.15, -0.1) is 0 Å². The Labute approximate surface area is 66.4 Å². The summed E-state index contributed by atoms with van der Waals surface area (Å²) in [6, 6.07) is 0. The Morgan fingerprint density at radius 1 is 1.45 bits per heavy atom. The molecule has 2 N–H and O–H groups in total. The summed E-state index contributed by atoms with van der Waals surface area (Å²) in [6.07, 6.45) is -2.24. The van der Waals surface area contributed by atoms with Crippen molar-refractivity contribution in [1.82, 2.24) is 4.90 Å². The highest BCUT2D eigenvalue weighted by molar-refractivity contribution is 5.85. The number of hydrogen-bond acceptors (Lipinski definition) is 4. The molecule has 11 heavy (non-hydrogen) atoms. The maximum absolute atomic E-state index is 10.9. The third kappa shape index (κ3) is 4.08. The van der Waals surface area contributed by atoms with Crippen LogP contribution >= 0.6 is 0 Å². The molecular formula is C7H15NO3. The highest BCUT2D eigenvalue weighted by Gasteiger charge is 2.19. The summed E-state index contributed by atoms with van der Waals surface area (Å²) in [7, 11) is 3.46. The van der Waals surface area contributed by atoms with Gasteiger partial charge in [-0.1, -0.05) is 0 Å². The Morgan fingerprint density at radius 3 is 2.18 bits per heavy atom. The van der Waals surface area contributed by atoms with Crippen LogP contribution in [0.3, 0.4) is 0 Å². The number of ketones is 1. The van der Waals surface area contributed by atoms with E-state index < -0.39 is 12.2 Å². The van der Waals surface area contributed by atoms with Gasteiger partial charge in [0.1, 0.15) is 6.10 Å². The van der Waals surface area contributed by atoms with Gasteiger partial charge < -0.3 is 15.1 Å². The van der Waals surface area contributed by atoms with Gasteiger partial charge in [0.2, 0.25) is 0 Å². The van der Waals surface area contributed by atoms with E-state index in [1.807, 2.05) is 0 Å². The molecule has 0 aliphatic rings. The van der Waals surface area contributed by atoms with Gasteiger partial charge in [-0.05, 0) is 21.0 Å². The van der Waals surface area contributed by atoms with E-state index >= 15 is 0 Å². The maximum Gasteiger partial charge on any atom is 0.177 e. The fourth-order valence-corrected chi connectivity index (χ4v) is 0.674. The second-order valence-electron chi connectivity index (χ2n) is 2.89. The van der Waals surface area contributed by atoms with Crippen LogP contribution in [0.25, 0.3) is 0 Å². The fourth-order valence-electron chi connectivity index (χ4n) is 0.674. The Morgan fingerprint density at radius 2 is 1.91 bits per heavy atom. The molecule has 2 unspecified atom stereocenters. The number of carbonyl (C=O) groups excluding carboxylic acids is 1.